The third kappa shape index (κ3) is 8.14. The SMILES string of the molecule is COCCN1CCN(C(=O)Cn2cc(NC(O)C3=C4N=CCCN4N(C)C3)c(-c3cc(SC(C)C)ccc3OC(F)F)n2)CC1. The van der Waals surface area contributed by atoms with E-state index in [1.54, 1.807) is 42.1 Å². The summed E-state index contributed by atoms with van der Waals surface area (Å²) in [6, 6.07) is 4.99. The summed E-state index contributed by atoms with van der Waals surface area (Å²) in [4.78, 5) is 22.8. The van der Waals surface area contributed by atoms with Crippen molar-refractivity contribution >= 4 is 29.6 Å². The van der Waals surface area contributed by atoms with Crippen molar-refractivity contribution in [3.05, 3.63) is 35.8 Å². The third-order valence-electron chi connectivity index (χ3n) is 7.84. The van der Waals surface area contributed by atoms with Crippen LogP contribution in [0.1, 0.15) is 20.3 Å². The lowest BCUT2D eigenvalue weighted by Crippen LogP contribution is -2.50. The lowest BCUT2D eigenvalue weighted by Gasteiger charge is -2.34. The Kier molecular flexibility index (Phi) is 11.0. The second-order valence-corrected chi connectivity index (χ2v) is 13.1. The minimum atomic E-state index is -3.04. The highest BCUT2D eigenvalue weighted by Gasteiger charge is 2.33. The van der Waals surface area contributed by atoms with Gasteiger partial charge in [-0.25, -0.2) is 10.0 Å². The van der Waals surface area contributed by atoms with E-state index < -0.39 is 12.8 Å². The van der Waals surface area contributed by atoms with Gasteiger partial charge in [-0.3, -0.25) is 19.4 Å². The number of hydrogen-bond acceptors (Lipinski definition) is 11. The van der Waals surface area contributed by atoms with Crippen molar-refractivity contribution in [2.75, 3.05) is 71.9 Å². The van der Waals surface area contributed by atoms with Gasteiger partial charge < -0.3 is 24.8 Å². The van der Waals surface area contributed by atoms with Gasteiger partial charge in [-0.05, 0) is 18.2 Å². The topological polar surface area (TPSA) is 111 Å². The first-order chi connectivity index (χ1) is 21.6. The van der Waals surface area contributed by atoms with Gasteiger partial charge in [0.1, 0.15) is 23.8 Å². The van der Waals surface area contributed by atoms with Gasteiger partial charge in [0.25, 0.3) is 0 Å². The van der Waals surface area contributed by atoms with Gasteiger partial charge in [0.05, 0.1) is 12.3 Å². The van der Waals surface area contributed by atoms with Gasteiger partial charge in [-0.15, -0.1) is 11.8 Å². The maximum absolute atomic E-state index is 13.5. The van der Waals surface area contributed by atoms with Crippen LogP contribution in [0.4, 0.5) is 14.5 Å². The van der Waals surface area contributed by atoms with E-state index in [4.69, 9.17) is 14.6 Å². The summed E-state index contributed by atoms with van der Waals surface area (Å²) < 4.78 is 38.6. The first kappa shape index (κ1) is 33.1. The smallest absolute Gasteiger partial charge is 0.387 e. The lowest BCUT2D eigenvalue weighted by molar-refractivity contribution is -0.133. The van der Waals surface area contributed by atoms with Crippen LogP contribution in [0, 0.1) is 0 Å². The summed E-state index contributed by atoms with van der Waals surface area (Å²) in [5.74, 6) is 0.518. The maximum Gasteiger partial charge on any atom is 0.387 e. The number of hydrazine groups is 1. The molecule has 4 heterocycles. The number of amides is 1. The van der Waals surface area contributed by atoms with Crippen LogP contribution in [-0.4, -0.2) is 131 Å². The Morgan fingerprint density at radius 3 is 2.67 bits per heavy atom. The van der Waals surface area contributed by atoms with Crippen LogP contribution in [0.25, 0.3) is 11.3 Å². The molecule has 1 saturated heterocycles. The zero-order valence-electron chi connectivity index (χ0n) is 26.2. The number of thioether (sulfide) groups is 1. The van der Waals surface area contributed by atoms with Crippen molar-refractivity contribution in [2.45, 2.75) is 49.8 Å². The van der Waals surface area contributed by atoms with Crippen LogP contribution in [0.15, 0.2) is 45.7 Å². The van der Waals surface area contributed by atoms with Gasteiger partial charge in [0.15, 0.2) is 6.23 Å². The molecule has 2 aromatic rings. The van der Waals surface area contributed by atoms with E-state index in [0.29, 0.717) is 48.9 Å². The zero-order valence-corrected chi connectivity index (χ0v) is 27.0. The number of anilines is 1. The molecule has 1 atom stereocenters. The van der Waals surface area contributed by atoms with E-state index in [2.05, 4.69) is 15.2 Å². The van der Waals surface area contributed by atoms with Crippen molar-refractivity contribution in [3.63, 3.8) is 0 Å². The number of alkyl halides is 2. The minimum absolute atomic E-state index is 0.0508. The molecule has 2 N–H and O–H groups in total. The number of ether oxygens (including phenoxy) is 2. The molecule has 3 aliphatic rings. The molecule has 12 nitrogen and oxygen atoms in total. The number of hydrogen-bond donors (Lipinski definition) is 2. The van der Waals surface area contributed by atoms with Crippen LogP contribution in [0.2, 0.25) is 0 Å². The summed E-state index contributed by atoms with van der Waals surface area (Å²) in [6.45, 7) is 6.32. The molecule has 0 aliphatic carbocycles. The van der Waals surface area contributed by atoms with Crippen LogP contribution in [-0.2, 0) is 16.1 Å². The van der Waals surface area contributed by atoms with E-state index >= 15 is 0 Å². The summed E-state index contributed by atoms with van der Waals surface area (Å²) in [6.07, 6.45) is 3.11. The number of likely N-dealkylation sites (N-methyl/N-ethyl adjacent to an activating group) is 1. The number of benzene rings is 1. The fraction of sp³-hybridized carbons (Fsp3) is 0.567. The highest BCUT2D eigenvalue weighted by Crippen LogP contribution is 2.39. The summed E-state index contributed by atoms with van der Waals surface area (Å²) in [5, 5.41) is 23.5. The molecule has 0 bridgehead atoms. The number of aromatic nitrogens is 2. The molecular weight excluding hydrogens is 606 g/mol. The van der Waals surface area contributed by atoms with Gasteiger partial charge in [0, 0.05) is 100 Å². The standard InChI is InChI=1S/C30H42F2N8O4S/c1-20(2)45-21-6-7-25(44-30(31)32)22(16-21)27-24(34-29(42)23-17-36(3)40-9-5-8-33-28(23)40)18-39(35-27)19-26(41)38-12-10-37(11-13-38)14-15-43-4/h6-8,16,18,20,29-30,34,42H,5,9-15,17,19H2,1-4H3. The predicted octanol–water partition coefficient (Wildman–Crippen LogP) is 3.02. The summed E-state index contributed by atoms with van der Waals surface area (Å²) in [7, 11) is 3.60. The molecule has 0 saturated carbocycles. The lowest BCUT2D eigenvalue weighted by atomic mass is 10.1. The first-order valence-corrected chi connectivity index (χ1v) is 16.0. The number of carbonyl (C=O) groups excluding carboxylic acids is 1. The number of aliphatic imine (C=N–C) groups is 1. The molecular formula is C30H42F2N8O4S. The fourth-order valence-electron chi connectivity index (χ4n) is 5.66. The van der Waals surface area contributed by atoms with Crippen molar-refractivity contribution in [3.8, 4) is 17.0 Å². The molecule has 5 rings (SSSR count). The predicted molar refractivity (Wildman–Crippen MR) is 169 cm³/mol. The molecule has 45 heavy (non-hydrogen) atoms. The van der Waals surface area contributed by atoms with E-state index in [1.165, 1.54) is 10.7 Å². The van der Waals surface area contributed by atoms with Crippen LogP contribution in [0.3, 0.4) is 0 Å². The zero-order chi connectivity index (χ0) is 32.1. The first-order valence-electron chi connectivity index (χ1n) is 15.1. The number of aliphatic hydroxyl groups is 1. The molecule has 1 unspecified atom stereocenters. The molecule has 3 aliphatic heterocycles. The van der Waals surface area contributed by atoms with Crippen molar-refractivity contribution in [2.24, 2.45) is 4.99 Å². The van der Waals surface area contributed by atoms with Crippen LogP contribution < -0.4 is 10.1 Å². The third-order valence-corrected chi connectivity index (χ3v) is 8.84. The van der Waals surface area contributed by atoms with Gasteiger partial charge >= 0.3 is 6.61 Å². The second-order valence-electron chi connectivity index (χ2n) is 11.4. The Labute approximate surface area is 266 Å². The van der Waals surface area contributed by atoms with E-state index in [9.17, 15) is 18.7 Å². The van der Waals surface area contributed by atoms with E-state index in [1.807, 2.05) is 37.1 Å². The van der Waals surface area contributed by atoms with Crippen LogP contribution in [0.5, 0.6) is 5.75 Å². The number of rotatable bonds is 13. The molecule has 0 radical (unpaired) electrons. The monoisotopic (exact) mass is 648 g/mol. The second kappa shape index (κ2) is 14.9. The Bertz CT molecular complexity index is 1400. The van der Waals surface area contributed by atoms with Crippen molar-refractivity contribution in [1.82, 2.24) is 29.6 Å². The fourth-order valence-corrected chi connectivity index (χ4v) is 6.53. The number of methoxy groups -OCH3 is 1. The normalized spacial score (nSPS) is 18.3. The van der Waals surface area contributed by atoms with Crippen molar-refractivity contribution < 1.29 is 28.2 Å². The maximum atomic E-state index is 13.5. The molecule has 0 spiro atoms. The average Bonchev–Trinajstić information content (AvgIpc) is 3.56. The number of piperazine rings is 1. The Morgan fingerprint density at radius 2 is 1.96 bits per heavy atom. The number of halogens is 2. The Morgan fingerprint density at radius 1 is 1.18 bits per heavy atom. The highest BCUT2D eigenvalue weighted by molar-refractivity contribution is 7.99. The van der Waals surface area contributed by atoms with Gasteiger partial charge in [-0.2, -0.15) is 13.9 Å². The minimum Gasteiger partial charge on any atom is -0.434 e. The summed E-state index contributed by atoms with van der Waals surface area (Å²) >= 11 is 1.57. The van der Waals surface area contributed by atoms with E-state index in [-0.39, 0.29) is 29.1 Å². The Balaban J connectivity index is 1.45. The van der Waals surface area contributed by atoms with E-state index in [0.717, 1.165) is 37.5 Å². The average molecular weight is 649 g/mol. The number of fused-ring (bicyclic) bond motifs is 1. The quantitative estimate of drug-likeness (QED) is 0.249. The van der Waals surface area contributed by atoms with Gasteiger partial charge in [0.2, 0.25) is 5.91 Å². The number of aliphatic hydroxyl groups excluding tert-OH is 1. The van der Waals surface area contributed by atoms with Crippen molar-refractivity contribution in [1.29, 1.82) is 0 Å². The molecule has 1 amide bonds. The molecule has 246 valence electrons. The number of carbonyl (C=O) groups is 1. The molecule has 15 heteroatoms. The molecule has 1 aromatic heterocycles. The molecule has 1 fully saturated rings. The van der Waals surface area contributed by atoms with Crippen LogP contribution >= 0.6 is 11.8 Å². The molecule has 1 aromatic carbocycles. The summed E-state index contributed by atoms with van der Waals surface area (Å²) in [5.41, 5.74) is 1.66. The number of nitrogens with one attached hydrogen (secondary N) is 1. The van der Waals surface area contributed by atoms with Gasteiger partial charge in [-0.1, -0.05) is 13.8 Å². The largest absolute Gasteiger partial charge is 0.434 e. The Hall–Kier alpha value is -3.24. The number of nitrogens with zero attached hydrogens (tertiary/aromatic N) is 7. The highest BCUT2D eigenvalue weighted by atomic mass is 32.2.